The highest BCUT2D eigenvalue weighted by atomic mass is 32.2. The van der Waals surface area contributed by atoms with Crippen LogP contribution in [0.4, 0.5) is 0 Å². The predicted octanol–water partition coefficient (Wildman–Crippen LogP) is 2.40. The van der Waals surface area contributed by atoms with Gasteiger partial charge in [0.25, 0.3) is 0 Å². The Labute approximate surface area is 123 Å². The minimum atomic E-state index is -0.846. The minimum absolute atomic E-state index is 0.108. The lowest BCUT2D eigenvalue weighted by Crippen LogP contribution is -2.36. The molecule has 2 N–H and O–H groups in total. The molecule has 0 aliphatic heterocycles. The largest absolute Gasteiger partial charge is 0.481 e. The van der Waals surface area contributed by atoms with Crippen LogP contribution in [-0.4, -0.2) is 29.3 Å². The lowest BCUT2D eigenvalue weighted by atomic mass is 9.95. The molecule has 2 rings (SSSR count). The quantitative estimate of drug-likeness (QED) is 0.624. The summed E-state index contributed by atoms with van der Waals surface area (Å²) >= 11 is 1.68. The van der Waals surface area contributed by atoms with Gasteiger partial charge in [0.1, 0.15) is 0 Å². The van der Waals surface area contributed by atoms with Gasteiger partial charge in [-0.2, -0.15) is 0 Å². The number of carboxylic acid groups (broad SMARTS) is 1. The second-order valence-corrected chi connectivity index (χ2v) is 6.10. The van der Waals surface area contributed by atoms with Crippen molar-refractivity contribution in [3.8, 4) is 0 Å². The van der Waals surface area contributed by atoms with Crippen LogP contribution in [0, 0.1) is 11.8 Å². The predicted molar refractivity (Wildman–Crippen MR) is 78.6 cm³/mol. The van der Waals surface area contributed by atoms with Crippen molar-refractivity contribution in [1.82, 2.24) is 5.32 Å². The number of aliphatic carboxylic acids is 1. The van der Waals surface area contributed by atoms with Crippen molar-refractivity contribution in [1.29, 1.82) is 0 Å². The molecule has 108 valence electrons. The molecule has 1 aromatic carbocycles. The zero-order chi connectivity index (χ0) is 14.4. The first-order chi connectivity index (χ1) is 9.68. The van der Waals surface area contributed by atoms with Crippen LogP contribution < -0.4 is 5.32 Å². The number of rotatable bonds is 6. The summed E-state index contributed by atoms with van der Waals surface area (Å²) in [4.78, 5) is 24.2. The number of amides is 1. The molecular formula is C15H19NO3S. The Morgan fingerprint density at radius 3 is 2.60 bits per heavy atom. The van der Waals surface area contributed by atoms with E-state index < -0.39 is 11.9 Å². The monoisotopic (exact) mass is 293 g/mol. The number of thioether (sulfide) groups is 1. The average molecular weight is 293 g/mol. The highest BCUT2D eigenvalue weighted by molar-refractivity contribution is 7.99. The highest BCUT2D eigenvalue weighted by Gasteiger charge is 2.37. The zero-order valence-electron chi connectivity index (χ0n) is 11.2. The average Bonchev–Trinajstić information content (AvgIpc) is 2.94. The van der Waals surface area contributed by atoms with Gasteiger partial charge in [-0.25, -0.2) is 0 Å². The Bertz CT molecular complexity index is 463. The van der Waals surface area contributed by atoms with Gasteiger partial charge in [0.05, 0.1) is 11.8 Å². The molecule has 1 aliphatic rings. The number of carboxylic acids is 1. The summed E-state index contributed by atoms with van der Waals surface area (Å²) in [5.74, 6) is -1.02. The van der Waals surface area contributed by atoms with Crippen molar-refractivity contribution in [2.75, 3.05) is 12.3 Å². The van der Waals surface area contributed by atoms with Gasteiger partial charge in [0, 0.05) is 17.2 Å². The van der Waals surface area contributed by atoms with Gasteiger partial charge in [-0.3, -0.25) is 9.59 Å². The van der Waals surface area contributed by atoms with Crippen LogP contribution in [0.1, 0.15) is 19.3 Å². The number of carbonyl (C=O) groups is 2. The molecule has 0 spiro atoms. The summed E-state index contributed by atoms with van der Waals surface area (Å²) in [6.45, 7) is 0.571. The number of hydrogen-bond acceptors (Lipinski definition) is 3. The Balaban J connectivity index is 1.71. The van der Waals surface area contributed by atoms with E-state index in [1.807, 2.05) is 30.3 Å². The fourth-order valence-electron chi connectivity index (χ4n) is 2.56. The maximum atomic E-state index is 12.0. The maximum absolute atomic E-state index is 12.0. The van der Waals surface area contributed by atoms with Crippen LogP contribution in [0.2, 0.25) is 0 Å². The molecule has 1 amide bonds. The fraction of sp³-hybridized carbons (Fsp3) is 0.467. The molecule has 0 aromatic heterocycles. The summed E-state index contributed by atoms with van der Waals surface area (Å²) < 4.78 is 0. The summed E-state index contributed by atoms with van der Waals surface area (Å²) in [5, 5.41) is 11.9. The lowest BCUT2D eigenvalue weighted by Gasteiger charge is -2.15. The second-order valence-electron chi connectivity index (χ2n) is 4.93. The third-order valence-corrected chi connectivity index (χ3v) is 4.60. The molecule has 1 aromatic rings. The number of nitrogens with one attached hydrogen (secondary N) is 1. The van der Waals surface area contributed by atoms with E-state index in [1.54, 1.807) is 11.8 Å². The molecule has 1 aliphatic carbocycles. The molecule has 2 atom stereocenters. The van der Waals surface area contributed by atoms with E-state index in [0.29, 0.717) is 19.4 Å². The molecule has 0 radical (unpaired) electrons. The van der Waals surface area contributed by atoms with Gasteiger partial charge in [-0.1, -0.05) is 24.6 Å². The minimum Gasteiger partial charge on any atom is -0.481 e. The molecule has 1 fully saturated rings. The van der Waals surface area contributed by atoms with Gasteiger partial charge in [-0.15, -0.1) is 11.8 Å². The summed E-state index contributed by atoms with van der Waals surface area (Å²) in [5.41, 5.74) is 0. The molecule has 0 bridgehead atoms. The van der Waals surface area contributed by atoms with Crippen LogP contribution in [0.5, 0.6) is 0 Å². The topological polar surface area (TPSA) is 66.4 Å². The molecule has 0 saturated heterocycles. The van der Waals surface area contributed by atoms with Crippen molar-refractivity contribution in [3.05, 3.63) is 30.3 Å². The van der Waals surface area contributed by atoms with E-state index in [-0.39, 0.29) is 11.8 Å². The summed E-state index contributed by atoms with van der Waals surface area (Å²) in [7, 11) is 0. The van der Waals surface area contributed by atoms with Crippen LogP contribution in [0.25, 0.3) is 0 Å². The molecule has 2 unspecified atom stereocenters. The van der Waals surface area contributed by atoms with Gasteiger partial charge in [-0.05, 0) is 25.0 Å². The van der Waals surface area contributed by atoms with Crippen molar-refractivity contribution >= 4 is 23.6 Å². The molecule has 0 heterocycles. The van der Waals surface area contributed by atoms with Crippen molar-refractivity contribution in [3.63, 3.8) is 0 Å². The maximum Gasteiger partial charge on any atom is 0.307 e. The van der Waals surface area contributed by atoms with Crippen LogP contribution in [0.3, 0.4) is 0 Å². The first-order valence-electron chi connectivity index (χ1n) is 6.87. The van der Waals surface area contributed by atoms with Crippen molar-refractivity contribution in [2.45, 2.75) is 24.2 Å². The van der Waals surface area contributed by atoms with Gasteiger partial charge in [0.15, 0.2) is 0 Å². The number of carbonyl (C=O) groups excluding carboxylic acids is 1. The Morgan fingerprint density at radius 2 is 1.90 bits per heavy atom. The molecule has 4 nitrogen and oxygen atoms in total. The van der Waals surface area contributed by atoms with E-state index in [9.17, 15) is 9.59 Å². The third kappa shape index (κ3) is 4.00. The van der Waals surface area contributed by atoms with Gasteiger partial charge in [0.2, 0.25) is 5.91 Å². The van der Waals surface area contributed by atoms with Crippen LogP contribution in [-0.2, 0) is 9.59 Å². The lowest BCUT2D eigenvalue weighted by molar-refractivity contribution is -0.146. The summed E-state index contributed by atoms with van der Waals surface area (Å²) in [6.07, 6.45) is 2.13. The summed E-state index contributed by atoms with van der Waals surface area (Å²) in [6, 6.07) is 10.00. The fourth-order valence-corrected chi connectivity index (χ4v) is 3.35. The normalized spacial score (nSPS) is 21.6. The van der Waals surface area contributed by atoms with Gasteiger partial charge >= 0.3 is 5.97 Å². The third-order valence-electron chi connectivity index (χ3n) is 3.58. The molecule has 20 heavy (non-hydrogen) atoms. The zero-order valence-corrected chi connectivity index (χ0v) is 12.1. The van der Waals surface area contributed by atoms with Crippen molar-refractivity contribution < 1.29 is 14.7 Å². The van der Waals surface area contributed by atoms with E-state index >= 15 is 0 Å². The SMILES string of the molecule is O=C(O)C1CCCC1C(=O)NCCSc1ccccc1. The number of hydrogen-bond donors (Lipinski definition) is 2. The van der Waals surface area contributed by atoms with E-state index in [4.69, 9.17) is 5.11 Å². The Hall–Kier alpha value is -1.49. The van der Waals surface area contributed by atoms with Crippen LogP contribution in [0.15, 0.2) is 35.2 Å². The molecular weight excluding hydrogens is 274 g/mol. The second kappa shape index (κ2) is 7.33. The standard InChI is InChI=1S/C15H19NO3S/c17-14(12-7-4-8-13(12)15(18)19)16-9-10-20-11-5-2-1-3-6-11/h1-3,5-6,12-13H,4,7-10H2,(H,16,17)(H,18,19). The highest BCUT2D eigenvalue weighted by Crippen LogP contribution is 2.32. The smallest absolute Gasteiger partial charge is 0.307 e. The van der Waals surface area contributed by atoms with Crippen LogP contribution >= 0.6 is 11.8 Å². The molecule has 1 saturated carbocycles. The number of benzene rings is 1. The van der Waals surface area contributed by atoms with Crippen molar-refractivity contribution in [2.24, 2.45) is 11.8 Å². The van der Waals surface area contributed by atoms with E-state index in [2.05, 4.69) is 5.32 Å². The Morgan fingerprint density at radius 1 is 1.20 bits per heavy atom. The van der Waals surface area contributed by atoms with E-state index in [1.165, 1.54) is 4.90 Å². The van der Waals surface area contributed by atoms with Gasteiger partial charge < -0.3 is 10.4 Å². The first-order valence-corrected chi connectivity index (χ1v) is 7.85. The first kappa shape index (κ1) is 14.9. The van der Waals surface area contributed by atoms with E-state index in [0.717, 1.165) is 12.2 Å². The molecule has 5 heteroatoms. The Kier molecular flexibility index (Phi) is 5.47.